The molecule has 0 aliphatic heterocycles. The van der Waals surface area contributed by atoms with Crippen molar-refractivity contribution in [2.45, 2.75) is 77.3 Å². The Labute approximate surface area is 235 Å². The van der Waals surface area contributed by atoms with E-state index in [1.54, 1.807) is 6.92 Å². The quantitative estimate of drug-likeness (QED) is 0.313. The molecule has 1 aliphatic carbocycles. The van der Waals surface area contributed by atoms with Gasteiger partial charge in [-0.25, -0.2) is 9.59 Å². The second kappa shape index (κ2) is 12.9. The first kappa shape index (κ1) is 28.9. The third kappa shape index (κ3) is 8.73. The maximum absolute atomic E-state index is 13.2. The van der Waals surface area contributed by atoms with Gasteiger partial charge >= 0.3 is 12.2 Å². The second-order valence-corrected chi connectivity index (χ2v) is 11.5. The minimum atomic E-state index is -0.784. The van der Waals surface area contributed by atoms with E-state index < -0.39 is 23.8 Å². The first-order valence-corrected chi connectivity index (χ1v) is 13.8. The molecule has 0 unspecified atom stereocenters. The van der Waals surface area contributed by atoms with E-state index in [-0.39, 0.29) is 30.5 Å². The van der Waals surface area contributed by atoms with E-state index in [0.29, 0.717) is 12.8 Å². The number of amides is 3. The lowest BCUT2D eigenvalue weighted by atomic mass is 9.96. The maximum Gasteiger partial charge on any atom is 0.408 e. The smallest absolute Gasteiger partial charge is 0.408 e. The SMILES string of the molecule is C[C@H](NC(=O)OCc1ccccc1)C(=O)N[C@H](Cc1cccc2ccccc12)C[C@@H]1C[C@@H]1NC(=O)OC(C)(C)C. The van der Waals surface area contributed by atoms with Gasteiger partial charge in [0.2, 0.25) is 5.91 Å². The van der Waals surface area contributed by atoms with Gasteiger partial charge in [0.1, 0.15) is 18.2 Å². The van der Waals surface area contributed by atoms with Crippen molar-refractivity contribution in [3.8, 4) is 0 Å². The molecule has 1 saturated carbocycles. The minimum absolute atomic E-state index is 0.00489. The van der Waals surface area contributed by atoms with Crippen LogP contribution in [0.5, 0.6) is 0 Å². The standard InChI is InChI=1S/C32H39N3O5/c1-21(33-30(37)39-20-22-11-6-5-7-12-22)29(36)34-26(17-24-15-10-14-23-13-8-9-16-27(23)24)18-25-19-28(25)35-31(38)40-32(2,3)4/h5-16,21,25-26,28H,17-20H2,1-4H3,(H,33,37)(H,34,36)(H,35,38)/t21-,25+,26+,28-/m0/s1. The molecule has 0 saturated heterocycles. The van der Waals surface area contributed by atoms with Gasteiger partial charge in [0.15, 0.2) is 0 Å². The van der Waals surface area contributed by atoms with Crippen LogP contribution in [-0.4, -0.2) is 41.8 Å². The van der Waals surface area contributed by atoms with Crippen molar-refractivity contribution >= 4 is 28.9 Å². The molecule has 1 aliphatic rings. The van der Waals surface area contributed by atoms with E-state index in [2.05, 4.69) is 40.2 Å². The first-order chi connectivity index (χ1) is 19.1. The van der Waals surface area contributed by atoms with Crippen molar-refractivity contribution in [2.24, 2.45) is 5.92 Å². The number of hydrogen-bond acceptors (Lipinski definition) is 5. The molecule has 0 radical (unpaired) electrons. The molecule has 3 N–H and O–H groups in total. The molecule has 3 amide bonds. The summed E-state index contributed by atoms with van der Waals surface area (Å²) in [4.78, 5) is 37.7. The minimum Gasteiger partial charge on any atom is -0.445 e. The van der Waals surface area contributed by atoms with Gasteiger partial charge in [0.05, 0.1) is 0 Å². The molecule has 4 rings (SSSR count). The lowest BCUT2D eigenvalue weighted by molar-refractivity contribution is -0.123. The zero-order chi connectivity index (χ0) is 28.7. The topological polar surface area (TPSA) is 106 Å². The van der Waals surface area contributed by atoms with E-state index in [4.69, 9.17) is 9.47 Å². The Morgan fingerprint density at radius 2 is 1.60 bits per heavy atom. The molecule has 0 bridgehead atoms. The van der Waals surface area contributed by atoms with Gasteiger partial charge in [0.25, 0.3) is 0 Å². The normalized spacial score (nSPS) is 17.8. The number of hydrogen-bond donors (Lipinski definition) is 3. The van der Waals surface area contributed by atoms with Crippen LogP contribution in [0.1, 0.15) is 51.7 Å². The van der Waals surface area contributed by atoms with Gasteiger partial charge < -0.3 is 25.4 Å². The van der Waals surface area contributed by atoms with Crippen molar-refractivity contribution in [1.82, 2.24) is 16.0 Å². The van der Waals surface area contributed by atoms with Crippen molar-refractivity contribution in [1.29, 1.82) is 0 Å². The highest BCUT2D eigenvalue weighted by molar-refractivity contribution is 5.87. The zero-order valence-corrected chi connectivity index (χ0v) is 23.6. The Kier molecular flexibility index (Phi) is 9.30. The highest BCUT2D eigenvalue weighted by atomic mass is 16.6. The molecular weight excluding hydrogens is 506 g/mol. The van der Waals surface area contributed by atoms with Gasteiger partial charge in [-0.3, -0.25) is 4.79 Å². The van der Waals surface area contributed by atoms with E-state index in [0.717, 1.165) is 28.3 Å². The summed E-state index contributed by atoms with van der Waals surface area (Å²) in [6, 6.07) is 22.7. The van der Waals surface area contributed by atoms with Crippen LogP contribution in [0.4, 0.5) is 9.59 Å². The fraction of sp³-hybridized carbons (Fsp3) is 0.406. The molecule has 0 spiro atoms. The van der Waals surface area contributed by atoms with Crippen molar-refractivity contribution < 1.29 is 23.9 Å². The third-order valence-corrected chi connectivity index (χ3v) is 6.85. The number of alkyl carbamates (subject to hydrolysis) is 2. The fourth-order valence-electron chi connectivity index (χ4n) is 4.77. The number of rotatable bonds is 10. The van der Waals surface area contributed by atoms with Crippen LogP contribution in [0.15, 0.2) is 72.8 Å². The van der Waals surface area contributed by atoms with Crippen molar-refractivity contribution in [3.05, 3.63) is 83.9 Å². The van der Waals surface area contributed by atoms with Gasteiger partial charge in [-0.1, -0.05) is 72.8 Å². The lowest BCUT2D eigenvalue weighted by Gasteiger charge is -2.23. The Hall–Kier alpha value is -4.07. The monoisotopic (exact) mass is 545 g/mol. The number of benzene rings is 3. The molecule has 3 aromatic carbocycles. The summed E-state index contributed by atoms with van der Waals surface area (Å²) >= 11 is 0. The predicted molar refractivity (Wildman–Crippen MR) is 155 cm³/mol. The summed E-state index contributed by atoms with van der Waals surface area (Å²) in [5.74, 6) is -0.0777. The number of nitrogens with one attached hydrogen (secondary N) is 3. The maximum atomic E-state index is 13.2. The predicted octanol–water partition coefficient (Wildman–Crippen LogP) is 5.49. The van der Waals surface area contributed by atoms with E-state index >= 15 is 0 Å². The van der Waals surface area contributed by atoms with Crippen LogP contribution in [0.3, 0.4) is 0 Å². The molecule has 0 aromatic heterocycles. The number of ether oxygens (including phenoxy) is 2. The van der Waals surface area contributed by atoms with Crippen molar-refractivity contribution in [3.63, 3.8) is 0 Å². The van der Waals surface area contributed by atoms with Crippen LogP contribution in [-0.2, 0) is 27.3 Å². The Balaban J connectivity index is 1.38. The summed E-state index contributed by atoms with van der Waals surface area (Å²) in [7, 11) is 0. The lowest BCUT2D eigenvalue weighted by Crippen LogP contribution is -2.49. The summed E-state index contributed by atoms with van der Waals surface area (Å²) < 4.78 is 10.7. The molecule has 8 heteroatoms. The van der Waals surface area contributed by atoms with Gasteiger partial charge in [-0.15, -0.1) is 0 Å². The Bertz CT molecular complexity index is 1320. The molecule has 0 heterocycles. The molecule has 212 valence electrons. The molecule has 3 aromatic rings. The number of carbonyl (C=O) groups excluding carboxylic acids is 3. The van der Waals surface area contributed by atoms with E-state index in [1.165, 1.54) is 0 Å². The zero-order valence-electron chi connectivity index (χ0n) is 23.6. The Morgan fingerprint density at radius 1 is 0.900 bits per heavy atom. The number of carbonyl (C=O) groups is 3. The molecule has 1 fully saturated rings. The summed E-state index contributed by atoms with van der Waals surface area (Å²) in [6.45, 7) is 7.26. The second-order valence-electron chi connectivity index (χ2n) is 11.5. The number of fused-ring (bicyclic) bond motifs is 1. The summed E-state index contributed by atoms with van der Waals surface area (Å²) in [5, 5.41) is 11.0. The average molecular weight is 546 g/mol. The summed E-state index contributed by atoms with van der Waals surface area (Å²) in [5.41, 5.74) is 1.43. The molecule has 4 atom stereocenters. The first-order valence-electron chi connectivity index (χ1n) is 13.8. The fourth-order valence-corrected chi connectivity index (χ4v) is 4.77. The van der Waals surface area contributed by atoms with Gasteiger partial charge in [0, 0.05) is 12.1 Å². The van der Waals surface area contributed by atoms with E-state index in [9.17, 15) is 14.4 Å². The Morgan fingerprint density at radius 3 is 2.35 bits per heavy atom. The highest BCUT2D eigenvalue weighted by Crippen LogP contribution is 2.36. The van der Waals surface area contributed by atoms with Crippen LogP contribution < -0.4 is 16.0 Å². The summed E-state index contributed by atoms with van der Waals surface area (Å²) in [6.07, 6.45) is 1.04. The van der Waals surface area contributed by atoms with Gasteiger partial charge in [-0.2, -0.15) is 0 Å². The molecule has 40 heavy (non-hydrogen) atoms. The molecule has 8 nitrogen and oxygen atoms in total. The highest BCUT2D eigenvalue weighted by Gasteiger charge is 2.41. The van der Waals surface area contributed by atoms with Crippen molar-refractivity contribution in [2.75, 3.05) is 0 Å². The van der Waals surface area contributed by atoms with Crippen LogP contribution in [0.25, 0.3) is 10.8 Å². The van der Waals surface area contributed by atoms with Gasteiger partial charge in [-0.05, 0) is 74.8 Å². The van der Waals surface area contributed by atoms with Crippen LogP contribution >= 0.6 is 0 Å². The third-order valence-electron chi connectivity index (χ3n) is 6.85. The largest absolute Gasteiger partial charge is 0.445 e. The average Bonchev–Trinajstić information content (AvgIpc) is 3.63. The van der Waals surface area contributed by atoms with E-state index in [1.807, 2.05) is 69.3 Å². The molecular formula is C32H39N3O5. The van der Waals surface area contributed by atoms with Crippen LogP contribution in [0, 0.1) is 5.92 Å². The van der Waals surface area contributed by atoms with Crippen LogP contribution in [0.2, 0.25) is 0 Å².